The van der Waals surface area contributed by atoms with E-state index in [1.54, 1.807) is 36.4 Å². The van der Waals surface area contributed by atoms with Gasteiger partial charge in [-0.15, -0.1) is 11.3 Å². The van der Waals surface area contributed by atoms with Crippen molar-refractivity contribution in [1.82, 2.24) is 4.98 Å². The van der Waals surface area contributed by atoms with E-state index in [2.05, 4.69) is 9.71 Å². The first-order chi connectivity index (χ1) is 10.7. The van der Waals surface area contributed by atoms with Gasteiger partial charge in [-0.05, 0) is 25.1 Å². The lowest BCUT2D eigenvalue weighted by Crippen LogP contribution is -2.41. The maximum Gasteiger partial charge on any atom is 0.267 e. The highest BCUT2D eigenvalue weighted by atomic mass is 32.2. The SMILES string of the molecule is CC1Oc2ccc(-c3csc(NS(C)(=O)=O)n3)cc2N(C)C1=O. The maximum atomic E-state index is 12.0. The molecule has 9 heteroatoms. The molecule has 0 bridgehead atoms. The first-order valence-electron chi connectivity index (χ1n) is 6.76. The second kappa shape index (κ2) is 5.50. The first-order valence-corrected chi connectivity index (χ1v) is 9.53. The van der Waals surface area contributed by atoms with Crippen molar-refractivity contribution in [3.8, 4) is 17.0 Å². The number of hydrogen-bond acceptors (Lipinski definition) is 6. The van der Waals surface area contributed by atoms with Gasteiger partial charge in [-0.25, -0.2) is 13.4 Å². The number of fused-ring (bicyclic) bond motifs is 1. The molecule has 1 aliphatic heterocycles. The summed E-state index contributed by atoms with van der Waals surface area (Å²) in [5.41, 5.74) is 2.07. The van der Waals surface area contributed by atoms with Crippen LogP contribution in [0.4, 0.5) is 10.8 Å². The van der Waals surface area contributed by atoms with E-state index in [4.69, 9.17) is 4.74 Å². The second-order valence-electron chi connectivity index (χ2n) is 5.25. The number of hydrogen-bond donors (Lipinski definition) is 1. The van der Waals surface area contributed by atoms with Gasteiger partial charge in [0.05, 0.1) is 17.6 Å². The topological polar surface area (TPSA) is 88.6 Å². The van der Waals surface area contributed by atoms with Crippen LogP contribution in [0, 0.1) is 0 Å². The number of ether oxygens (including phenoxy) is 1. The molecule has 1 aromatic heterocycles. The highest BCUT2D eigenvalue weighted by Gasteiger charge is 2.29. The van der Waals surface area contributed by atoms with Crippen LogP contribution in [0.3, 0.4) is 0 Å². The number of thiazole rings is 1. The molecule has 3 rings (SSSR count). The fourth-order valence-corrected chi connectivity index (χ4v) is 3.86. The molecule has 1 amide bonds. The molecule has 7 nitrogen and oxygen atoms in total. The van der Waals surface area contributed by atoms with Crippen molar-refractivity contribution in [2.45, 2.75) is 13.0 Å². The average molecular weight is 353 g/mol. The summed E-state index contributed by atoms with van der Waals surface area (Å²) in [4.78, 5) is 17.8. The van der Waals surface area contributed by atoms with Crippen LogP contribution in [0.5, 0.6) is 5.75 Å². The fraction of sp³-hybridized carbons (Fsp3) is 0.286. The van der Waals surface area contributed by atoms with Gasteiger partial charge in [0.15, 0.2) is 11.2 Å². The third-order valence-corrected chi connectivity index (χ3v) is 4.83. The van der Waals surface area contributed by atoms with Crippen LogP contribution in [-0.2, 0) is 14.8 Å². The number of likely N-dealkylation sites (N-methyl/N-ethyl adjacent to an activating group) is 1. The second-order valence-corrected chi connectivity index (χ2v) is 7.86. The number of aromatic nitrogens is 1. The van der Waals surface area contributed by atoms with Gasteiger partial charge in [0.25, 0.3) is 5.91 Å². The third-order valence-electron chi connectivity index (χ3n) is 3.38. The number of anilines is 2. The van der Waals surface area contributed by atoms with Crippen molar-refractivity contribution < 1.29 is 17.9 Å². The van der Waals surface area contributed by atoms with Gasteiger partial charge in [0.2, 0.25) is 10.0 Å². The lowest BCUT2D eigenvalue weighted by atomic mass is 10.1. The highest BCUT2D eigenvalue weighted by molar-refractivity contribution is 7.92. The molecule has 1 aromatic carbocycles. The highest BCUT2D eigenvalue weighted by Crippen LogP contribution is 2.37. The Hall–Kier alpha value is -2.13. The Morgan fingerprint density at radius 1 is 1.39 bits per heavy atom. The van der Waals surface area contributed by atoms with Crippen molar-refractivity contribution in [1.29, 1.82) is 0 Å². The van der Waals surface area contributed by atoms with E-state index < -0.39 is 16.1 Å². The summed E-state index contributed by atoms with van der Waals surface area (Å²) in [5.74, 6) is 0.514. The first kappa shape index (κ1) is 15.8. The molecule has 2 heterocycles. The number of carbonyl (C=O) groups is 1. The molecule has 0 saturated carbocycles. The van der Waals surface area contributed by atoms with Gasteiger partial charge < -0.3 is 9.64 Å². The monoisotopic (exact) mass is 353 g/mol. The molecule has 1 aliphatic rings. The zero-order valence-corrected chi connectivity index (χ0v) is 14.4. The van der Waals surface area contributed by atoms with Crippen LogP contribution in [0.25, 0.3) is 11.3 Å². The normalized spacial score (nSPS) is 17.6. The summed E-state index contributed by atoms with van der Waals surface area (Å²) >= 11 is 1.20. The summed E-state index contributed by atoms with van der Waals surface area (Å²) in [6.07, 6.45) is 0.565. The molecule has 0 saturated heterocycles. The molecule has 1 N–H and O–H groups in total. The van der Waals surface area contributed by atoms with Gasteiger partial charge in [-0.1, -0.05) is 0 Å². The average Bonchev–Trinajstić information content (AvgIpc) is 2.91. The quantitative estimate of drug-likeness (QED) is 0.911. The van der Waals surface area contributed by atoms with E-state index in [-0.39, 0.29) is 5.91 Å². The van der Waals surface area contributed by atoms with Gasteiger partial charge in [-0.2, -0.15) is 0 Å². The molecule has 0 aliphatic carbocycles. The van der Waals surface area contributed by atoms with Crippen LogP contribution >= 0.6 is 11.3 Å². The molecule has 0 radical (unpaired) electrons. The van der Waals surface area contributed by atoms with E-state index in [0.717, 1.165) is 11.8 Å². The molecule has 1 atom stereocenters. The molecular weight excluding hydrogens is 338 g/mol. The van der Waals surface area contributed by atoms with Crippen LogP contribution in [0.1, 0.15) is 6.92 Å². The van der Waals surface area contributed by atoms with Crippen LogP contribution in [-0.4, -0.2) is 38.7 Å². The van der Waals surface area contributed by atoms with Gasteiger partial charge in [-0.3, -0.25) is 9.52 Å². The van der Waals surface area contributed by atoms with Crippen molar-refractivity contribution in [2.75, 3.05) is 22.9 Å². The Morgan fingerprint density at radius 2 is 2.13 bits per heavy atom. The smallest absolute Gasteiger partial charge is 0.267 e. The summed E-state index contributed by atoms with van der Waals surface area (Å²) in [5, 5.41) is 2.05. The minimum Gasteiger partial charge on any atom is -0.479 e. The Balaban J connectivity index is 1.95. The minimum atomic E-state index is -3.36. The number of benzene rings is 1. The number of carbonyl (C=O) groups excluding carboxylic acids is 1. The number of nitrogens with one attached hydrogen (secondary N) is 1. The molecule has 2 aromatic rings. The summed E-state index contributed by atoms with van der Waals surface area (Å²) < 4.78 is 30.4. The molecule has 0 spiro atoms. The van der Waals surface area contributed by atoms with Crippen molar-refractivity contribution >= 4 is 38.1 Å². The lowest BCUT2D eigenvalue weighted by molar-refractivity contribution is -0.125. The minimum absolute atomic E-state index is 0.118. The van der Waals surface area contributed by atoms with Gasteiger partial charge in [0, 0.05) is 18.0 Å². The van der Waals surface area contributed by atoms with Crippen molar-refractivity contribution in [2.24, 2.45) is 0 Å². The Bertz CT molecular complexity index is 876. The van der Waals surface area contributed by atoms with Crippen LogP contribution in [0.2, 0.25) is 0 Å². The standard InChI is InChI=1S/C14H15N3O4S2/c1-8-13(18)17(2)11-6-9(4-5-12(11)21-8)10-7-22-14(15-10)16-23(3,19)20/h4-8H,1-3H3,(H,15,16). The lowest BCUT2D eigenvalue weighted by Gasteiger charge is -2.30. The Labute approximate surface area is 138 Å². The van der Waals surface area contributed by atoms with Crippen LogP contribution in [0.15, 0.2) is 23.6 Å². The molecule has 23 heavy (non-hydrogen) atoms. The molecule has 1 unspecified atom stereocenters. The zero-order chi connectivity index (χ0) is 16.8. The van der Waals surface area contributed by atoms with E-state index in [0.29, 0.717) is 22.3 Å². The van der Waals surface area contributed by atoms with Gasteiger partial charge >= 0.3 is 0 Å². The number of rotatable bonds is 3. The number of amides is 1. The van der Waals surface area contributed by atoms with E-state index in [1.165, 1.54) is 11.3 Å². The van der Waals surface area contributed by atoms with Crippen molar-refractivity contribution in [3.05, 3.63) is 23.6 Å². The van der Waals surface area contributed by atoms with Gasteiger partial charge in [0.1, 0.15) is 5.75 Å². The van der Waals surface area contributed by atoms with E-state index in [9.17, 15) is 13.2 Å². The largest absolute Gasteiger partial charge is 0.479 e. The zero-order valence-electron chi connectivity index (χ0n) is 12.7. The molecular formula is C14H15N3O4S2. The van der Waals surface area contributed by atoms with Crippen LogP contribution < -0.4 is 14.4 Å². The number of sulfonamides is 1. The molecule has 122 valence electrons. The van der Waals surface area contributed by atoms with Crippen molar-refractivity contribution in [3.63, 3.8) is 0 Å². The number of nitrogens with zero attached hydrogens (tertiary/aromatic N) is 2. The summed E-state index contributed by atoms with van der Waals surface area (Å²) in [7, 11) is -1.66. The summed E-state index contributed by atoms with van der Waals surface area (Å²) in [6, 6.07) is 5.42. The predicted octanol–water partition coefficient (Wildman–Crippen LogP) is 1.93. The van der Waals surface area contributed by atoms with E-state index in [1.807, 2.05) is 6.07 Å². The summed E-state index contributed by atoms with van der Waals surface area (Å²) in [6.45, 7) is 1.71. The predicted molar refractivity (Wildman–Crippen MR) is 89.5 cm³/mol. The Morgan fingerprint density at radius 3 is 2.83 bits per heavy atom. The fourth-order valence-electron chi connectivity index (χ4n) is 2.28. The molecule has 0 fully saturated rings. The van der Waals surface area contributed by atoms with E-state index >= 15 is 0 Å². The Kier molecular flexibility index (Phi) is 3.77. The third kappa shape index (κ3) is 3.15. The maximum absolute atomic E-state index is 12.0.